The third kappa shape index (κ3) is 6.39. The van der Waals surface area contributed by atoms with Gasteiger partial charge in [-0.3, -0.25) is 9.59 Å². The number of sulfonamides is 1. The Balaban J connectivity index is 1.86. The molecule has 156 valence electrons. The van der Waals surface area contributed by atoms with E-state index in [1.165, 1.54) is 4.31 Å². The summed E-state index contributed by atoms with van der Waals surface area (Å²) in [5, 5.41) is 3.30. The highest BCUT2D eigenvalue weighted by Gasteiger charge is 2.21. The molecule has 0 aliphatic carbocycles. The van der Waals surface area contributed by atoms with E-state index < -0.39 is 10.0 Å². The van der Waals surface area contributed by atoms with Gasteiger partial charge in [0.1, 0.15) is 0 Å². The topological polar surface area (TPSA) is 83.6 Å². The van der Waals surface area contributed by atoms with Crippen LogP contribution in [-0.4, -0.2) is 37.5 Å². The third-order valence-electron chi connectivity index (χ3n) is 4.50. The molecule has 2 aromatic rings. The van der Waals surface area contributed by atoms with Crippen molar-refractivity contribution in [3.63, 3.8) is 0 Å². The Hall–Kier alpha value is -2.22. The van der Waals surface area contributed by atoms with Crippen molar-refractivity contribution < 1.29 is 18.0 Å². The maximum Gasteiger partial charge on any atom is 0.243 e. The molecule has 0 aliphatic rings. The summed E-state index contributed by atoms with van der Waals surface area (Å²) in [6, 6.07) is 13.0. The molecule has 1 amide bonds. The van der Waals surface area contributed by atoms with Crippen LogP contribution in [0.15, 0.2) is 53.4 Å². The molecule has 0 unspecified atom stereocenters. The summed E-state index contributed by atoms with van der Waals surface area (Å²) in [7, 11) is -3.50. The van der Waals surface area contributed by atoms with Gasteiger partial charge in [-0.25, -0.2) is 8.42 Å². The summed E-state index contributed by atoms with van der Waals surface area (Å²) in [5.74, 6) is -0.366. The molecule has 0 aromatic heterocycles. The highest BCUT2D eigenvalue weighted by Crippen LogP contribution is 2.16. The lowest BCUT2D eigenvalue weighted by Crippen LogP contribution is -2.30. The van der Waals surface area contributed by atoms with Crippen molar-refractivity contribution >= 4 is 33.3 Å². The summed E-state index contributed by atoms with van der Waals surface area (Å²) in [6.07, 6.45) is 0.185. The molecule has 0 bridgehead atoms. The number of carbonyl (C=O) groups is 2. The molecule has 0 radical (unpaired) electrons. The van der Waals surface area contributed by atoms with Gasteiger partial charge in [0, 0.05) is 43.1 Å². The van der Waals surface area contributed by atoms with Gasteiger partial charge in [-0.1, -0.05) is 37.6 Å². The number of hydrogen-bond donors (Lipinski definition) is 1. The SMILES string of the molecule is CCN(CC)S(=O)(=O)c1ccc(CNC(=O)CCC(=O)c2ccc(Cl)cc2)cc1. The van der Waals surface area contributed by atoms with Crippen molar-refractivity contribution in [2.75, 3.05) is 13.1 Å². The average molecular weight is 437 g/mol. The second kappa shape index (κ2) is 10.5. The highest BCUT2D eigenvalue weighted by molar-refractivity contribution is 7.89. The lowest BCUT2D eigenvalue weighted by molar-refractivity contribution is -0.121. The van der Waals surface area contributed by atoms with Crippen LogP contribution in [0.25, 0.3) is 0 Å². The fraction of sp³-hybridized carbons (Fsp3) is 0.333. The molecule has 0 saturated carbocycles. The van der Waals surface area contributed by atoms with Crippen LogP contribution in [0, 0.1) is 0 Å². The number of Topliss-reactive ketones (excluding diaryl/α,β-unsaturated/α-hetero) is 1. The number of benzene rings is 2. The van der Waals surface area contributed by atoms with Crippen LogP contribution in [-0.2, 0) is 21.4 Å². The van der Waals surface area contributed by atoms with Crippen LogP contribution in [0.3, 0.4) is 0 Å². The number of carbonyl (C=O) groups excluding carboxylic acids is 2. The van der Waals surface area contributed by atoms with E-state index in [-0.39, 0.29) is 36.0 Å². The number of rotatable bonds is 10. The number of ketones is 1. The van der Waals surface area contributed by atoms with Gasteiger partial charge in [0.05, 0.1) is 4.90 Å². The van der Waals surface area contributed by atoms with E-state index in [1.54, 1.807) is 62.4 Å². The summed E-state index contributed by atoms with van der Waals surface area (Å²) in [5.41, 5.74) is 1.30. The number of nitrogens with one attached hydrogen (secondary N) is 1. The largest absolute Gasteiger partial charge is 0.352 e. The van der Waals surface area contributed by atoms with E-state index in [1.807, 2.05) is 0 Å². The first-order chi connectivity index (χ1) is 13.8. The lowest BCUT2D eigenvalue weighted by Gasteiger charge is -2.18. The minimum atomic E-state index is -3.50. The molecule has 0 spiro atoms. The van der Waals surface area contributed by atoms with Crippen LogP contribution in [0.5, 0.6) is 0 Å². The molecular weight excluding hydrogens is 412 g/mol. The summed E-state index contributed by atoms with van der Waals surface area (Å²) in [6.45, 7) is 4.67. The standard InChI is InChI=1S/C21H25ClN2O4S/c1-3-24(4-2)29(27,28)19-11-5-16(6-12-19)15-23-21(26)14-13-20(25)17-7-9-18(22)10-8-17/h5-12H,3-4,13-15H2,1-2H3,(H,23,26). The number of amides is 1. The fourth-order valence-corrected chi connectivity index (χ4v) is 4.37. The van der Waals surface area contributed by atoms with Crippen LogP contribution in [0.2, 0.25) is 5.02 Å². The Morgan fingerprint density at radius 3 is 2.07 bits per heavy atom. The van der Waals surface area contributed by atoms with Gasteiger partial charge in [-0.2, -0.15) is 4.31 Å². The molecule has 29 heavy (non-hydrogen) atoms. The minimum absolute atomic E-state index is 0.0792. The van der Waals surface area contributed by atoms with Gasteiger partial charge in [-0.15, -0.1) is 0 Å². The van der Waals surface area contributed by atoms with Crippen LogP contribution >= 0.6 is 11.6 Å². The molecule has 2 rings (SSSR count). The Morgan fingerprint density at radius 1 is 0.931 bits per heavy atom. The number of nitrogens with zero attached hydrogens (tertiary/aromatic N) is 1. The summed E-state index contributed by atoms with van der Waals surface area (Å²) < 4.78 is 26.3. The Morgan fingerprint density at radius 2 is 1.52 bits per heavy atom. The maximum absolute atomic E-state index is 12.5. The number of halogens is 1. The maximum atomic E-state index is 12.5. The zero-order valence-electron chi connectivity index (χ0n) is 16.5. The van der Waals surface area contributed by atoms with Crippen LogP contribution in [0.4, 0.5) is 0 Å². The third-order valence-corrected chi connectivity index (χ3v) is 6.82. The highest BCUT2D eigenvalue weighted by atomic mass is 35.5. The second-order valence-electron chi connectivity index (χ2n) is 6.44. The van der Waals surface area contributed by atoms with Gasteiger partial charge in [0.2, 0.25) is 15.9 Å². The van der Waals surface area contributed by atoms with E-state index in [0.29, 0.717) is 23.7 Å². The zero-order chi connectivity index (χ0) is 21.4. The van der Waals surface area contributed by atoms with E-state index in [9.17, 15) is 18.0 Å². The first-order valence-electron chi connectivity index (χ1n) is 9.42. The Bertz CT molecular complexity index is 938. The average Bonchev–Trinajstić information content (AvgIpc) is 2.72. The molecule has 6 nitrogen and oxygen atoms in total. The molecule has 0 aliphatic heterocycles. The Kier molecular flexibility index (Phi) is 8.37. The molecule has 8 heteroatoms. The van der Waals surface area contributed by atoms with Crippen LogP contribution < -0.4 is 5.32 Å². The van der Waals surface area contributed by atoms with Crippen LogP contribution in [0.1, 0.15) is 42.6 Å². The molecule has 1 N–H and O–H groups in total. The predicted molar refractivity (Wildman–Crippen MR) is 113 cm³/mol. The van der Waals surface area contributed by atoms with E-state index >= 15 is 0 Å². The van der Waals surface area contributed by atoms with Gasteiger partial charge >= 0.3 is 0 Å². The first kappa shape index (κ1) is 23.1. The van der Waals surface area contributed by atoms with Crippen molar-refractivity contribution in [2.24, 2.45) is 0 Å². The molecular formula is C21H25ClN2O4S. The molecule has 0 saturated heterocycles. The summed E-state index contributed by atoms with van der Waals surface area (Å²) >= 11 is 5.80. The fourth-order valence-electron chi connectivity index (χ4n) is 2.79. The van der Waals surface area contributed by atoms with Crippen molar-refractivity contribution in [1.82, 2.24) is 9.62 Å². The Labute approximate surface area is 176 Å². The molecule has 2 aromatic carbocycles. The minimum Gasteiger partial charge on any atom is -0.352 e. The van der Waals surface area contributed by atoms with Gasteiger partial charge in [0.15, 0.2) is 5.78 Å². The van der Waals surface area contributed by atoms with Gasteiger partial charge in [0.25, 0.3) is 0 Å². The molecule has 0 atom stereocenters. The molecule has 0 fully saturated rings. The predicted octanol–water partition coefficient (Wildman–Crippen LogP) is 3.65. The van der Waals surface area contributed by atoms with Crippen molar-refractivity contribution in [3.8, 4) is 0 Å². The van der Waals surface area contributed by atoms with Crippen molar-refractivity contribution in [1.29, 1.82) is 0 Å². The van der Waals surface area contributed by atoms with Crippen molar-refractivity contribution in [3.05, 3.63) is 64.7 Å². The quantitative estimate of drug-likeness (QED) is 0.576. The second-order valence-corrected chi connectivity index (χ2v) is 8.81. The molecule has 0 heterocycles. The first-order valence-corrected chi connectivity index (χ1v) is 11.2. The van der Waals surface area contributed by atoms with E-state index in [4.69, 9.17) is 11.6 Å². The monoisotopic (exact) mass is 436 g/mol. The summed E-state index contributed by atoms with van der Waals surface area (Å²) in [4.78, 5) is 24.3. The van der Waals surface area contributed by atoms with E-state index in [0.717, 1.165) is 5.56 Å². The van der Waals surface area contributed by atoms with E-state index in [2.05, 4.69) is 5.32 Å². The van der Waals surface area contributed by atoms with Crippen molar-refractivity contribution in [2.45, 2.75) is 38.1 Å². The lowest BCUT2D eigenvalue weighted by atomic mass is 10.1. The normalized spacial score (nSPS) is 11.4. The smallest absolute Gasteiger partial charge is 0.243 e. The van der Waals surface area contributed by atoms with Gasteiger partial charge in [-0.05, 0) is 42.0 Å². The van der Waals surface area contributed by atoms with Gasteiger partial charge < -0.3 is 5.32 Å². The number of hydrogen-bond acceptors (Lipinski definition) is 4. The zero-order valence-corrected chi connectivity index (χ0v) is 18.1.